The average Bonchev–Trinajstić information content (AvgIpc) is 2.73. The number of carbonyl (C=O) groups is 2. The smallest absolute Gasteiger partial charge is 0.254 e. The van der Waals surface area contributed by atoms with Gasteiger partial charge in [0, 0.05) is 36.2 Å². The zero-order chi connectivity index (χ0) is 19.4. The topological polar surface area (TPSA) is 55.8 Å². The van der Waals surface area contributed by atoms with Crippen molar-refractivity contribution in [2.75, 3.05) is 27.3 Å². The summed E-state index contributed by atoms with van der Waals surface area (Å²) in [7, 11) is 3.12. The van der Waals surface area contributed by atoms with E-state index in [0.717, 1.165) is 11.1 Å². The van der Waals surface area contributed by atoms with E-state index in [0.29, 0.717) is 43.0 Å². The number of likely N-dealkylation sites (tertiary alicyclic amines) is 1. The first kappa shape index (κ1) is 19.0. The summed E-state index contributed by atoms with van der Waals surface area (Å²) < 4.78 is 10.5. The third-order valence-corrected chi connectivity index (χ3v) is 5.09. The van der Waals surface area contributed by atoms with E-state index in [1.165, 1.54) is 0 Å². The molecule has 0 aromatic heterocycles. The van der Waals surface area contributed by atoms with Crippen LogP contribution in [0.3, 0.4) is 0 Å². The molecule has 0 saturated carbocycles. The van der Waals surface area contributed by atoms with Crippen molar-refractivity contribution >= 4 is 11.7 Å². The van der Waals surface area contributed by atoms with Gasteiger partial charge >= 0.3 is 0 Å². The van der Waals surface area contributed by atoms with Gasteiger partial charge in [-0.05, 0) is 31.9 Å². The van der Waals surface area contributed by atoms with Gasteiger partial charge < -0.3 is 14.4 Å². The highest BCUT2D eigenvalue weighted by molar-refractivity contribution is 5.98. The summed E-state index contributed by atoms with van der Waals surface area (Å²) in [5, 5.41) is 0. The van der Waals surface area contributed by atoms with Crippen LogP contribution < -0.4 is 9.47 Å². The highest BCUT2D eigenvalue weighted by Crippen LogP contribution is 2.26. The fourth-order valence-electron chi connectivity index (χ4n) is 3.41. The number of carbonyl (C=O) groups excluding carboxylic acids is 2. The van der Waals surface area contributed by atoms with Crippen molar-refractivity contribution in [3.05, 3.63) is 59.2 Å². The van der Waals surface area contributed by atoms with E-state index in [1.807, 2.05) is 31.2 Å². The number of methoxy groups -OCH3 is 2. The number of hydrogen-bond acceptors (Lipinski definition) is 4. The van der Waals surface area contributed by atoms with Crippen LogP contribution in [-0.4, -0.2) is 43.9 Å². The number of ketones is 1. The van der Waals surface area contributed by atoms with E-state index in [9.17, 15) is 9.59 Å². The summed E-state index contributed by atoms with van der Waals surface area (Å²) in [6.45, 7) is 3.15. The predicted octanol–water partition coefficient (Wildman–Crippen LogP) is 3.75. The second kappa shape index (κ2) is 8.25. The predicted molar refractivity (Wildman–Crippen MR) is 104 cm³/mol. The van der Waals surface area contributed by atoms with E-state index in [4.69, 9.17) is 9.47 Å². The van der Waals surface area contributed by atoms with Crippen LogP contribution in [0, 0.1) is 12.8 Å². The molecule has 1 fully saturated rings. The molecule has 1 heterocycles. The average molecular weight is 367 g/mol. The molecule has 0 N–H and O–H groups in total. The van der Waals surface area contributed by atoms with Crippen LogP contribution >= 0.6 is 0 Å². The molecule has 0 atom stereocenters. The minimum atomic E-state index is -0.0616. The Morgan fingerprint density at radius 2 is 1.44 bits per heavy atom. The monoisotopic (exact) mass is 367 g/mol. The zero-order valence-electron chi connectivity index (χ0n) is 16.0. The maximum absolute atomic E-state index is 12.8. The third kappa shape index (κ3) is 4.30. The lowest BCUT2D eigenvalue weighted by molar-refractivity contribution is 0.0650. The van der Waals surface area contributed by atoms with E-state index in [2.05, 4.69) is 0 Å². The number of nitrogens with zero attached hydrogens (tertiary/aromatic N) is 1. The van der Waals surface area contributed by atoms with Crippen LogP contribution in [0.25, 0.3) is 0 Å². The largest absolute Gasteiger partial charge is 0.497 e. The highest BCUT2D eigenvalue weighted by atomic mass is 16.5. The number of piperidine rings is 1. The van der Waals surface area contributed by atoms with Gasteiger partial charge in [-0.1, -0.05) is 29.8 Å². The first-order valence-corrected chi connectivity index (χ1v) is 9.15. The van der Waals surface area contributed by atoms with Crippen LogP contribution in [-0.2, 0) is 0 Å². The van der Waals surface area contributed by atoms with Crippen molar-refractivity contribution in [3.8, 4) is 11.5 Å². The van der Waals surface area contributed by atoms with Gasteiger partial charge in [-0.3, -0.25) is 9.59 Å². The number of Topliss-reactive ketones (excluding diaryl/α,β-unsaturated/α-hetero) is 1. The maximum Gasteiger partial charge on any atom is 0.254 e. The molecule has 5 nitrogen and oxygen atoms in total. The molecule has 1 aliphatic rings. The number of aryl methyl sites for hydroxylation is 1. The Labute approximate surface area is 159 Å². The minimum absolute atomic E-state index is 0.0309. The van der Waals surface area contributed by atoms with Gasteiger partial charge in [0.15, 0.2) is 5.78 Å². The molecular weight excluding hydrogens is 342 g/mol. The molecule has 142 valence electrons. The van der Waals surface area contributed by atoms with Crippen molar-refractivity contribution in [1.82, 2.24) is 4.90 Å². The molecule has 0 radical (unpaired) electrons. The van der Waals surface area contributed by atoms with Gasteiger partial charge in [0.1, 0.15) is 11.5 Å². The van der Waals surface area contributed by atoms with Crippen molar-refractivity contribution in [3.63, 3.8) is 0 Å². The van der Waals surface area contributed by atoms with Gasteiger partial charge in [0.25, 0.3) is 5.91 Å². The maximum atomic E-state index is 12.8. The molecule has 27 heavy (non-hydrogen) atoms. The fourth-order valence-corrected chi connectivity index (χ4v) is 3.41. The van der Waals surface area contributed by atoms with Gasteiger partial charge in [-0.25, -0.2) is 0 Å². The number of benzene rings is 2. The van der Waals surface area contributed by atoms with Crippen LogP contribution in [0.5, 0.6) is 11.5 Å². The van der Waals surface area contributed by atoms with Gasteiger partial charge in [0.2, 0.25) is 0 Å². The first-order valence-electron chi connectivity index (χ1n) is 9.15. The van der Waals surface area contributed by atoms with Crippen molar-refractivity contribution in [2.24, 2.45) is 5.92 Å². The summed E-state index contributed by atoms with van der Waals surface area (Å²) in [6, 6.07) is 12.9. The normalized spacial score (nSPS) is 14.7. The van der Waals surface area contributed by atoms with Gasteiger partial charge in [-0.15, -0.1) is 0 Å². The summed E-state index contributed by atoms with van der Waals surface area (Å²) in [5.41, 5.74) is 2.43. The number of hydrogen-bond donors (Lipinski definition) is 0. The molecule has 5 heteroatoms. The Morgan fingerprint density at radius 1 is 0.889 bits per heavy atom. The molecule has 1 saturated heterocycles. The second-order valence-electron chi connectivity index (χ2n) is 6.90. The van der Waals surface area contributed by atoms with Gasteiger partial charge in [0.05, 0.1) is 14.2 Å². The molecule has 2 aromatic rings. The Balaban J connectivity index is 1.66. The Morgan fingerprint density at radius 3 is 1.96 bits per heavy atom. The number of rotatable bonds is 5. The van der Waals surface area contributed by atoms with Crippen molar-refractivity contribution in [1.29, 1.82) is 0 Å². The van der Waals surface area contributed by atoms with E-state index in [1.54, 1.807) is 37.3 Å². The summed E-state index contributed by atoms with van der Waals surface area (Å²) in [5.74, 6) is 1.25. The molecule has 1 aliphatic heterocycles. The molecule has 0 bridgehead atoms. The van der Waals surface area contributed by atoms with Crippen LogP contribution in [0.4, 0.5) is 0 Å². The molecule has 1 amide bonds. The van der Waals surface area contributed by atoms with E-state index >= 15 is 0 Å². The van der Waals surface area contributed by atoms with Crippen LogP contribution in [0.15, 0.2) is 42.5 Å². The number of ether oxygens (including phenoxy) is 2. The first-order chi connectivity index (χ1) is 13.0. The van der Waals surface area contributed by atoms with Crippen LogP contribution in [0.1, 0.15) is 39.1 Å². The van der Waals surface area contributed by atoms with E-state index in [-0.39, 0.29) is 17.6 Å². The second-order valence-corrected chi connectivity index (χ2v) is 6.90. The summed E-state index contributed by atoms with van der Waals surface area (Å²) in [6.07, 6.45) is 1.36. The van der Waals surface area contributed by atoms with Crippen LogP contribution in [0.2, 0.25) is 0 Å². The molecule has 2 aromatic carbocycles. The Bertz CT molecular complexity index is 798. The quantitative estimate of drug-likeness (QED) is 0.756. The van der Waals surface area contributed by atoms with Gasteiger partial charge in [-0.2, -0.15) is 0 Å². The SMILES string of the molecule is COc1cc(OC)cc(C(=O)N2CCC(C(=O)c3ccc(C)cc3)CC2)c1. The highest BCUT2D eigenvalue weighted by Gasteiger charge is 2.28. The Kier molecular flexibility index (Phi) is 5.79. The minimum Gasteiger partial charge on any atom is -0.497 e. The molecule has 3 rings (SSSR count). The number of amides is 1. The molecule has 0 aliphatic carbocycles. The molecule has 0 unspecified atom stereocenters. The molecule has 0 spiro atoms. The lowest BCUT2D eigenvalue weighted by Gasteiger charge is -2.31. The summed E-state index contributed by atoms with van der Waals surface area (Å²) >= 11 is 0. The fraction of sp³-hybridized carbons (Fsp3) is 0.364. The third-order valence-electron chi connectivity index (χ3n) is 5.09. The molecular formula is C22H25NO4. The lowest BCUT2D eigenvalue weighted by Crippen LogP contribution is -2.40. The summed E-state index contributed by atoms with van der Waals surface area (Å²) in [4.78, 5) is 27.3. The standard InChI is InChI=1S/C22H25NO4/c1-15-4-6-16(7-5-15)21(24)17-8-10-23(11-9-17)22(25)18-12-19(26-2)14-20(13-18)27-3/h4-7,12-14,17H,8-11H2,1-3H3. The lowest BCUT2D eigenvalue weighted by atomic mass is 9.88. The zero-order valence-corrected chi connectivity index (χ0v) is 16.0. The van der Waals surface area contributed by atoms with Crippen molar-refractivity contribution in [2.45, 2.75) is 19.8 Å². The van der Waals surface area contributed by atoms with Crippen molar-refractivity contribution < 1.29 is 19.1 Å². The van der Waals surface area contributed by atoms with E-state index < -0.39 is 0 Å². The Hall–Kier alpha value is -2.82.